The van der Waals surface area contributed by atoms with Crippen molar-refractivity contribution in [2.45, 2.75) is 6.42 Å². The Bertz CT molecular complexity index is 3370. The Balaban J connectivity index is 1.34. The summed E-state index contributed by atoms with van der Waals surface area (Å²) in [5.74, 6) is 1.23. The van der Waals surface area contributed by atoms with Gasteiger partial charge in [-0.1, -0.05) is 109 Å². The summed E-state index contributed by atoms with van der Waals surface area (Å²) in [4.78, 5) is 20.0. The van der Waals surface area contributed by atoms with E-state index >= 15 is 0 Å². The van der Waals surface area contributed by atoms with Crippen molar-refractivity contribution in [1.82, 2.24) is 33.6 Å². The zero-order valence-electron chi connectivity index (χ0n) is 31.2. The van der Waals surface area contributed by atoms with Crippen LogP contribution in [0.5, 0.6) is 0 Å². The van der Waals surface area contributed by atoms with Gasteiger partial charge in [0, 0.05) is 80.4 Å². The lowest BCUT2D eigenvalue weighted by molar-refractivity contribution is 1.06. The fraction of sp³-hybridized carbons (Fsp3) is 0.0196. The van der Waals surface area contributed by atoms with E-state index in [-0.39, 0.29) is 0 Å². The molecule has 5 heterocycles. The van der Waals surface area contributed by atoms with E-state index in [1.54, 1.807) is 0 Å². The average molecular weight is 744 g/mol. The molecule has 7 heteroatoms. The molecule has 12 rings (SSSR count). The summed E-state index contributed by atoms with van der Waals surface area (Å²) in [5, 5.41) is 7.09. The third-order valence-electron chi connectivity index (χ3n) is 11.6. The third kappa shape index (κ3) is 4.74. The highest BCUT2D eigenvalue weighted by Crippen LogP contribution is 2.48. The van der Waals surface area contributed by atoms with Crippen molar-refractivity contribution in [3.8, 4) is 0 Å². The number of hydrogen-bond acceptors (Lipinski definition) is 4. The smallest absolute Gasteiger partial charge is 0.161 e. The summed E-state index contributed by atoms with van der Waals surface area (Å²) in [5.41, 5.74) is 11.5. The molecule has 0 N–H and O–H groups in total. The lowest BCUT2D eigenvalue weighted by Crippen LogP contribution is -2.10. The highest BCUT2D eigenvalue weighted by Gasteiger charge is 2.32. The molecule has 0 spiro atoms. The Morgan fingerprint density at radius 1 is 0.328 bits per heavy atom. The van der Waals surface area contributed by atoms with Crippen LogP contribution in [0, 0.1) is 0 Å². The highest BCUT2D eigenvalue weighted by atomic mass is 15.1. The minimum atomic E-state index is 0.502. The van der Waals surface area contributed by atoms with Crippen molar-refractivity contribution in [2.24, 2.45) is 0 Å². The fourth-order valence-corrected chi connectivity index (χ4v) is 9.25. The van der Waals surface area contributed by atoms with E-state index in [1.165, 1.54) is 32.3 Å². The standard InChI is InChI=1S/C51H33N7/c1-7-21-41-33(15-1)34-16-2-8-22-42(34)56(41)47-32-48(57-43-23-9-3-17-35(43)36-18-4-10-24-44(36)57)49(58-45-25-11-5-19-37(45)38-20-6-12-26-46(38)58)40(51-54-29-14-30-55-51)31-39(47)50-52-27-13-28-53-50/h1-31H,32H2. The number of para-hydroxylation sites is 6. The van der Waals surface area contributed by atoms with Gasteiger partial charge in [-0.15, -0.1) is 0 Å². The number of rotatable bonds is 5. The van der Waals surface area contributed by atoms with Crippen LogP contribution in [0.1, 0.15) is 18.1 Å². The minimum absolute atomic E-state index is 0.502. The van der Waals surface area contributed by atoms with E-state index in [0.29, 0.717) is 18.1 Å². The third-order valence-corrected chi connectivity index (χ3v) is 11.6. The Kier molecular flexibility index (Phi) is 7.16. The zero-order chi connectivity index (χ0) is 38.2. The molecule has 1 aliphatic rings. The van der Waals surface area contributed by atoms with Crippen molar-refractivity contribution >= 4 is 93.7 Å². The molecule has 0 unspecified atom stereocenters. The van der Waals surface area contributed by atoms with Gasteiger partial charge < -0.3 is 13.7 Å². The van der Waals surface area contributed by atoms with E-state index in [9.17, 15) is 0 Å². The number of benzene rings is 6. The number of aromatic nitrogens is 7. The van der Waals surface area contributed by atoms with Crippen molar-refractivity contribution in [1.29, 1.82) is 0 Å². The molecule has 0 atom stereocenters. The molecular formula is C51H33N7. The summed E-state index contributed by atoms with van der Waals surface area (Å²) < 4.78 is 7.34. The maximum Gasteiger partial charge on any atom is 0.161 e. The fourth-order valence-electron chi connectivity index (χ4n) is 9.25. The van der Waals surface area contributed by atoms with Gasteiger partial charge in [0.1, 0.15) is 0 Å². The van der Waals surface area contributed by atoms with Crippen LogP contribution in [0.15, 0.2) is 189 Å². The molecule has 58 heavy (non-hydrogen) atoms. The van der Waals surface area contributed by atoms with E-state index in [0.717, 1.165) is 61.3 Å². The number of allylic oxidation sites excluding steroid dienone is 6. The molecule has 272 valence electrons. The van der Waals surface area contributed by atoms with Gasteiger partial charge in [0.05, 0.1) is 44.5 Å². The van der Waals surface area contributed by atoms with Crippen LogP contribution in [0.3, 0.4) is 0 Å². The summed E-state index contributed by atoms with van der Waals surface area (Å²) in [7, 11) is 0. The monoisotopic (exact) mass is 743 g/mol. The van der Waals surface area contributed by atoms with Crippen molar-refractivity contribution in [3.05, 3.63) is 200 Å². The molecule has 1 aliphatic carbocycles. The Hall–Kier alpha value is -7.90. The molecule has 11 aromatic rings. The predicted molar refractivity (Wildman–Crippen MR) is 238 cm³/mol. The average Bonchev–Trinajstić information content (AvgIpc) is 3.89. The van der Waals surface area contributed by atoms with Crippen LogP contribution >= 0.6 is 0 Å². The molecule has 0 aliphatic heterocycles. The second kappa shape index (κ2) is 12.8. The molecule has 5 aromatic heterocycles. The molecule has 0 fully saturated rings. The Morgan fingerprint density at radius 2 is 0.655 bits per heavy atom. The SMILES string of the molecule is C1=C(c2ncccn2)C(n2c3ccccc3c3ccccc32)=C(n2c3ccccc3c3ccccc32)CC(n2c3ccccc3c3ccccc32)=C1c1ncccn1. The van der Waals surface area contributed by atoms with Gasteiger partial charge >= 0.3 is 0 Å². The second-order valence-corrected chi connectivity index (χ2v) is 14.6. The minimum Gasteiger partial charge on any atom is -0.312 e. The van der Waals surface area contributed by atoms with Gasteiger partial charge in [0.2, 0.25) is 0 Å². The molecular weight excluding hydrogens is 711 g/mol. The summed E-state index contributed by atoms with van der Waals surface area (Å²) in [6, 6.07) is 56.0. The zero-order valence-corrected chi connectivity index (χ0v) is 31.2. The maximum atomic E-state index is 5.01. The quantitative estimate of drug-likeness (QED) is 0.176. The first-order valence-corrected chi connectivity index (χ1v) is 19.5. The van der Waals surface area contributed by atoms with E-state index in [1.807, 2.05) is 36.9 Å². The molecule has 0 radical (unpaired) electrons. The van der Waals surface area contributed by atoms with Crippen LogP contribution in [-0.4, -0.2) is 33.6 Å². The van der Waals surface area contributed by atoms with Gasteiger partial charge in [0.25, 0.3) is 0 Å². The molecule has 7 nitrogen and oxygen atoms in total. The Labute approximate surface area is 332 Å². The van der Waals surface area contributed by atoms with Crippen molar-refractivity contribution in [3.63, 3.8) is 0 Å². The first kappa shape index (κ1) is 32.4. The Morgan fingerprint density at radius 3 is 1.05 bits per heavy atom. The molecule has 0 bridgehead atoms. The molecule has 0 saturated heterocycles. The lowest BCUT2D eigenvalue weighted by atomic mass is 10.1. The lowest BCUT2D eigenvalue weighted by Gasteiger charge is -2.23. The first-order valence-electron chi connectivity index (χ1n) is 19.5. The topological polar surface area (TPSA) is 66.3 Å². The van der Waals surface area contributed by atoms with E-state index in [4.69, 9.17) is 19.9 Å². The van der Waals surface area contributed by atoms with Crippen molar-refractivity contribution in [2.75, 3.05) is 0 Å². The van der Waals surface area contributed by atoms with Crippen LogP contribution in [0.2, 0.25) is 0 Å². The van der Waals surface area contributed by atoms with Crippen molar-refractivity contribution < 1.29 is 0 Å². The highest BCUT2D eigenvalue weighted by molar-refractivity contribution is 6.22. The maximum absolute atomic E-state index is 5.01. The van der Waals surface area contributed by atoms with Gasteiger partial charge in [-0.2, -0.15) is 0 Å². The van der Waals surface area contributed by atoms with Gasteiger partial charge in [-0.05, 0) is 54.6 Å². The summed E-state index contributed by atoms with van der Waals surface area (Å²) in [6.45, 7) is 0. The van der Waals surface area contributed by atoms with E-state index in [2.05, 4.69) is 165 Å². The van der Waals surface area contributed by atoms with Crippen LogP contribution in [-0.2, 0) is 0 Å². The normalized spacial score (nSPS) is 13.8. The van der Waals surface area contributed by atoms with Crippen LogP contribution < -0.4 is 0 Å². The molecule has 0 amide bonds. The summed E-state index contributed by atoms with van der Waals surface area (Å²) in [6.07, 6.45) is 10.0. The van der Waals surface area contributed by atoms with Crippen LogP contribution in [0.25, 0.3) is 93.7 Å². The number of hydrogen-bond donors (Lipinski definition) is 0. The van der Waals surface area contributed by atoms with Gasteiger partial charge in [-0.25, -0.2) is 19.9 Å². The second-order valence-electron chi connectivity index (χ2n) is 14.6. The summed E-state index contributed by atoms with van der Waals surface area (Å²) >= 11 is 0. The van der Waals surface area contributed by atoms with Gasteiger partial charge in [0.15, 0.2) is 11.6 Å². The van der Waals surface area contributed by atoms with Gasteiger partial charge in [-0.3, -0.25) is 0 Å². The molecule has 0 saturated carbocycles. The first-order chi connectivity index (χ1) is 28.8. The largest absolute Gasteiger partial charge is 0.312 e. The number of fused-ring (bicyclic) bond motifs is 9. The van der Waals surface area contributed by atoms with E-state index < -0.39 is 0 Å². The predicted octanol–water partition coefficient (Wildman–Crippen LogP) is 12.0. The number of nitrogens with zero attached hydrogens (tertiary/aromatic N) is 7. The molecule has 6 aromatic carbocycles. The van der Waals surface area contributed by atoms with Crippen LogP contribution in [0.4, 0.5) is 0 Å².